The van der Waals surface area contributed by atoms with Gasteiger partial charge in [-0.05, 0) is 19.4 Å². The lowest BCUT2D eigenvalue weighted by molar-refractivity contribution is -0.149. The van der Waals surface area contributed by atoms with Gasteiger partial charge in [-0.3, -0.25) is 14.2 Å². The zero-order chi connectivity index (χ0) is 17.7. The number of nitrogens with zero attached hydrogens (tertiary/aromatic N) is 1. The molecule has 1 aromatic rings. The Kier molecular flexibility index (Phi) is 4.28. The molecule has 2 aliphatic heterocycles. The van der Waals surface area contributed by atoms with Gasteiger partial charge in [-0.15, -0.1) is 11.8 Å². The summed E-state index contributed by atoms with van der Waals surface area (Å²) >= 11 is 1.31. The molecule has 2 heterocycles. The first-order valence-corrected chi connectivity index (χ1v) is 10.1. The summed E-state index contributed by atoms with van der Waals surface area (Å²) in [6.45, 7) is 3.41. The number of nitrogens with one attached hydrogen (secondary N) is 1. The SMILES string of the molecule is CC1(C)S[C@@H]2C(NC(=O)Cc3ccccc3)C(=O)N2C1P(=O)(O)O. The van der Waals surface area contributed by atoms with Gasteiger partial charge in [-0.25, -0.2) is 0 Å². The molecule has 3 rings (SSSR count). The Morgan fingerprint density at radius 2 is 1.96 bits per heavy atom. The van der Waals surface area contributed by atoms with Crippen molar-refractivity contribution >= 4 is 31.2 Å². The molecule has 0 aromatic heterocycles. The summed E-state index contributed by atoms with van der Waals surface area (Å²) in [6.07, 6.45) is 0.160. The lowest BCUT2D eigenvalue weighted by atomic mass is 10.0. The van der Waals surface area contributed by atoms with Gasteiger partial charge in [0.25, 0.3) is 0 Å². The van der Waals surface area contributed by atoms with Gasteiger partial charge in [0.15, 0.2) is 0 Å². The molecular weight excluding hydrogens is 351 g/mol. The highest BCUT2D eigenvalue weighted by molar-refractivity contribution is 8.02. The molecule has 2 amide bonds. The van der Waals surface area contributed by atoms with Crippen LogP contribution in [-0.2, 0) is 20.6 Å². The van der Waals surface area contributed by atoms with Crippen LogP contribution >= 0.6 is 19.4 Å². The summed E-state index contributed by atoms with van der Waals surface area (Å²) in [5.41, 5.74) is 0.839. The van der Waals surface area contributed by atoms with E-state index in [0.717, 1.165) is 5.56 Å². The number of carbonyl (C=O) groups excluding carboxylic acids is 2. The normalized spacial score (nSPS) is 28.2. The van der Waals surface area contributed by atoms with E-state index in [4.69, 9.17) is 0 Å². The Labute approximate surface area is 144 Å². The lowest BCUT2D eigenvalue weighted by Gasteiger charge is -2.44. The second-order valence-corrected chi connectivity index (χ2v) is 9.97. The largest absolute Gasteiger partial charge is 0.349 e. The Morgan fingerprint density at radius 1 is 1.33 bits per heavy atom. The highest BCUT2D eigenvalue weighted by Crippen LogP contribution is 2.62. The minimum absolute atomic E-state index is 0.160. The van der Waals surface area contributed by atoms with Gasteiger partial charge in [0.05, 0.1) is 6.42 Å². The number of rotatable bonds is 4. The molecule has 1 aromatic carbocycles. The molecule has 2 fully saturated rings. The van der Waals surface area contributed by atoms with Crippen molar-refractivity contribution in [2.75, 3.05) is 0 Å². The van der Waals surface area contributed by atoms with Crippen molar-refractivity contribution in [2.24, 2.45) is 0 Å². The minimum Gasteiger partial charge on any atom is -0.341 e. The van der Waals surface area contributed by atoms with E-state index in [2.05, 4.69) is 5.32 Å². The van der Waals surface area contributed by atoms with Crippen LogP contribution in [0.5, 0.6) is 0 Å². The van der Waals surface area contributed by atoms with Crippen molar-refractivity contribution in [3.8, 4) is 0 Å². The van der Waals surface area contributed by atoms with Crippen LogP contribution in [0.3, 0.4) is 0 Å². The first-order valence-electron chi connectivity index (χ1n) is 7.50. The van der Waals surface area contributed by atoms with Crippen LogP contribution in [0.25, 0.3) is 0 Å². The Morgan fingerprint density at radius 3 is 2.54 bits per heavy atom. The number of hydrogen-bond acceptors (Lipinski definition) is 4. The molecule has 2 saturated heterocycles. The Balaban J connectivity index is 1.69. The summed E-state index contributed by atoms with van der Waals surface area (Å²) in [7, 11) is -4.46. The second kappa shape index (κ2) is 5.88. The van der Waals surface area contributed by atoms with Crippen molar-refractivity contribution < 1.29 is 23.9 Å². The first-order chi connectivity index (χ1) is 11.1. The molecule has 0 saturated carbocycles. The predicted molar refractivity (Wildman–Crippen MR) is 90.2 cm³/mol. The van der Waals surface area contributed by atoms with E-state index in [1.807, 2.05) is 30.3 Å². The monoisotopic (exact) mass is 370 g/mol. The fourth-order valence-electron chi connectivity index (χ4n) is 3.28. The molecule has 3 atom stereocenters. The number of thioether (sulfide) groups is 1. The summed E-state index contributed by atoms with van der Waals surface area (Å²) in [5, 5.41) is 2.25. The van der Waals surface area contributed by atoms with Crippen LogP contribution in [0.2, 0.25) is 0 Å². The number of carbonyl (C=O) groups is 2. The van der Waals surface area contributed by atoms with Crippen molar-refractivity contribution in [1.82, 2.24) is 10.2 Å². The number of β-lactam (4-membered cyclic amide) rings is 1. The van der Waals surface area contributed by atoms with Crippen molar-refractivity contribution in [3.63, 3.8) is 0 Å². The quantitative estimate of drug-likeness (QED) is 0.537. The standard InChI is InChI=1S/C15H19N2O5PS/c1-15(2)14(23(20,21)22)17-12(19)11(13(17)24-15)16-10(18)8-9-6-4-3-5-7-9/h3-7,11,13-14H,8H2,1-2H3,(H,16,18)(H2,20,21,22)/t11?,13-,14?/m1/s1. The van der Waals surface area contributed by atoms with Crippen LogP contribution < -0.4 is 5.32 Å². The van der Waals surface area contributed by atoms with Gasteiger partial charge in [-0.1, -0.05) is 30.3 Å². The smallest absolute Gasteiger partial charge is 0.341 e. The van der Waals surface area contributed by atoms with Gasteiger partial charge >= 0.3 is 7.60 Å². The fraction of sp³-hybridized carbons (Fsp3) is 0.467. The van der Waals surface area contributed by atoms with E-state index < -0.39 is 35.4 Å². The first kappa shape index (κ1) is 17.5. The topological polar surface area (TPSA) is 107 Å². The Hall–Kier alpha value is -1.34. The molecule has 0 spiro atoms. The molecule has 3 N–H and O–H groups in total. The van der Waals surface area contributed by atoms with Gasteiger partial charge in [0, 0.05) is 4.75 Å². The average molecular weight is 370 g/mol. The molecule has 0 bridgehead atoms. The zero-order valence-electron chi connectivity index (χ0n) is 13.2. The summed E-state index contributed by atoms with van der Waals surface area (Å²) in [6, 6.07) is 8.44. The zero-order valence-corrected chi connectivity index (χ0v) is 15.0. The van der Waals surface area contributed by atoms with Gasteiger partial charge in [-0.2, -0.15) is 0 Å². The number of benzene rings is 1. The van der Waals surface area contributed by atoms with Crippen LogP contribution in [0.15, 0.2) is 30.3 Å². The van der Waals surface area contributed by atoms with E-state index in [0.29, 0.717) is 0 Å². The molecule has 0 radical (unpaired) electrons. The van der Waals surface area contributed by atoms with Crippen LogP contribution in [0.4, 0.5) is 0 Å². The molecule has 130 valence electrons. The lowest BCUT2D eigenvalue weighted by Crippen LogP contribution is -2.69. The van der Waals surface area contributed by atoms with Crippen molar-refractivity contribution in [2.45, 2.75) is 42.2 Å². The van der Waals surface area contributed by atoms with Gasteiger partial charge in [0.1, 0.15) is 17.2 Å². The van der Waals surface area contributed by atoms with E-state index in [1.54, 1.807) is 13.8 Å². The van der Waals surface area contributed by atoms with E-state index in [9.17, 15) is 23.9 Å². The van der Waals surface area contributed by atoms with Gasteiger partial charge < -0.3 is 20.0 Å². The summed E-state index contributed by atoms with van der Waals surface area (Å²) in [4.78, 5) is 44.8. The molecule has 9 heteroatoms. The third-order valence-corrected chi connectivity index (χ3v) is 7.51. The summed E-state index contributed by atoms with van der Waals surface area (Å²) < 4.78 is 11.0. The fourth-order valence-corrected chi connectivity index (χ4v) is 6.88. The third kappa shape index (κ3) is 2.99. The van der Waals surface area contributed by atoms with Gasteiger partial charge in [0.2, 0.25) is 11.8 Å². The number of hydrogen-bond donors (Lipinski definition) is 3. The second-order valence-electron chi connectivity index (χ2n) is 6.53. The van der Waals surface area contributed by atoms with E-state index in [-0.39, 0.29) is 12.3 Å². The average Bonchev–Trinajstić information content (AvgIpc) is 2.74. The maximum atomic E-state index is 12.3. The van der Waals surface area contributed by atoms with Crippen molar-refractivity contribution in [1.29, 1.82) is 0 Å². The minimum atomic E-state index is -4.46. The van der Waals surface area contributed by atoms with E-state index >= 15 is 0 Å². The highest BCUT2D eigenvalue weighted by atomic mass is 32.2. The maximum absolute atomic E-state index is 12.3. The predicted octanol–water partition coefficient (Wildman–Crippen LogP) is 0.911. The summed E-state index contributed by atoms with van der Waals surface area (Å²) in [5.74, 6) is -1.88. The number of amides is 2. The Bertz CT molecular complexity index is 720. The molecule has 2 aliphatic rings. The van der Waals surface area contributed by atoms with Crippen LogP contribution in [0, 0.1) is 0 Å². The van der Waals surface area contributed by atoms with Crippen molar-refractivity contribution in [3.05, 3.63) is 35.9 Å². The molecule has 0 aliphatic carbocycles. The molecule has 7 nitrogen and oxygen atoms in total. The third-order valence-electron chi connectivity index (χ3n) is 4.23. The molecule has 24 heavy (non-hydrogen) atoms. The maximum Gasteiger partial charge on any atom is 0.349 e. The molecular formula is C15H19N2O5PS. The highest BCUT2D eigenvalue weighted by Gasteiger charge is 2.66. The molecule has 2 unspecified atom stereocenters. The van der Waals surface area contributed by atoms with Crippen LogP contribution in [-0.4, -0.2) is 48.4 Å². The van der Waals surface area contributed by atoms with Crippen LogP contribution in [0.1, 0.15) is 19.4 Å². The number of fused-ring (bicyclic) bond motifs is 1. The van der Waals surface area contributed by atoms with E-state index in [1.165, 1.54) is 16.7 Å².